The minimum Gasteiger partial charge on any atom is -0.475 e. The summed E-state index contributed by atoms with van der Waals surface area (Å²) < 4.78 is 39.4. The van der Waals surface area contributed by atoms with Crippen molar-refractivity contribution in [2.45, 2.75) is 40.2 Å². The highest BCUT2D eigenvalue weighted by Gasteiger charge is 2.21. The van der Waals surface area contributed by atoms with Gasteiger partial charge in [-0.05, 0) is 67.7 Å². The highest BCUT2D eigenvalue weighted by Crippen LogP contribution is 2.25. The Morgan fingerprint density at radius 1 is 1.14 bits per heavy atom. The number of aliphatic imine (C=N–C) groups is 1. The molecule has 1 amide bonds. The lowest BCUT2D eigenvalue weighted by Crippen LogP contribution is -2.35. The Labute approximate surface area is 248 Å². The Morgan fingerprint density at radius 3 is 2.45 bits per heavy atom. The van der Waals surface area contributed by atoms with Crippen LogP contribution in [0.1, 0.15) is 39.2 Å². The van der Waals surface area contributed by atoms with Crippen LogP contribution in [-0.2, 0) is 20.8 Å². The number of morpholine rings is 1. The average molecular weight is 586 g/mol. The van der Waals surface area contributed by atoms with Crippen molar-refractivity contribution in [3.05, 3.63) is 84.3 Å². The van der Waals surface area contributed by atoms with Gasteiger partial charge >= 0.3 is 0 Å². The molecule has 0 bridgehead atoms. The molecular weight excluding hydrogens is 540 g/mol. The zero-order valence-corrected chi connectivity index (χ0v) is 25.0. The summed E-state index contributed by atoms with van der Waals surface area (Å²) in [7, 11) is 0. The number of ether oxygens (including phenoxy) is 2. The number of benzene rings is 2. The van der Waals surface area contributed by atoms with E-state index in [0.717, 1.165) is 76.2 Å². The van der Waals surface area contributed by atoms with E-state index in [1.807, 2.05) is 32.0 Å². The molecule has 2 aliphatic rings. The molecule has 2 aliphatic heterocycles. The fourth-order valence-corrected chi connectivity index (χ4v) is 4.62. The summed E-state index contributed by atoms with van der Waals surface area (Å²) in [4.78, 5) is 17.5. The molecule has 0 spiro atoms. The topological polar surface area (TPSA) is 92.4 Å². The predicted molar refractivity (Wildman–Crippen MR) is 166 cm³/mol. The van der Waals surface area contributed by atoms with Crippen molar-refractivity contribution < 1.29 is 23.0 Å². The van der Waals surface area contributed by atoms with Crippen LogP contribution in [-0.4, -0.2) is 63.1 Å². The summed E-state index contributed by atoms with van der Waals surface area (Å²) in [5, 5.41) is 3.25. The first-order chi connectivity index (χ1) is 20.4. The summed E-state index contributed by atoms with van der Waals surface area (Å²) in [6, 6.07) is 14.8. The fourth-order valence-electron chi connectivity index (χ4n) is 4.62. The van der Waals surface area contributed by atoms with Gasteiger partial charge in [0.25, 0.3) is 5.88 Å². The first kappa shape index (κ1) is 34.4. The van der Waals surface area contributed by atoms with Crippen molar-refractivity contribution in [2.75, 3.05) is 56.2 Å². The summed E-state index contributed by atoms with van der Waals surface area (Å²) >= 11 is 0. The second-order valence-corrected chi connectivity index (χ2v) is 9.63. The summed E-state index contributed by atoms with van der Waals surface area (Å²) in [6.45, 7) is 15.5. The lowest BCUT2D eigenvalue weighted by atomic mass is 9.97. The van der Waals surface area contributed by atoms with Gasteiger partial charge in [0, 0.05) is 44.1 Å². The van der Waals surface area contributed by atoms with Crippen molar-refractivity contribution in [1.29, 1.82) is 0 Å². The van der Waals surface area contributed by atoms with Gasteiger partial charge in [0.05, 0.1) is 19.8 Å². The number of nitrogens with one attached hydrogen (secondary N) is 1. The molecule has 0 aliphatic carbocycles. The van der Waals surface area contributed by atoms with Gasteiger partial charge in [-0.1, -0.05) is 38.6 Å². The predicted octanol–water partition coefficient (Wildman–Crippen LogP) is 5.87. The lowest BCUT2D eigenvalue weighted by Gasteiger charge is -2.33. The Kier molecular flexibility index (Phi) is 15.9. The minimum atomic E-state index is -0.598. The molecule has 2 aromatic carbocycles. The molecule has 0 atom stereocenters. The van der Waals surface area contributed by atoms with E-state index in [9.17, 15) is 8.78 Å². The van der Waals surface area contributed by atoms with Crippen molar-refractivity contribution in [2.24, 2.45) is 16.6 Å². The van der Waals surface area contributed by atoms with Crippen LogP contribution in [0.15, 0.2) is 77.9 Å². The van der Waals surface area contributed by atoms with Crippen LogP contribution in [0.4, 0.5) is 20.2 Å². The van der Waals surface area contributed by atoms with E-state index in [-0.39, 0.29) is 24.0 Å². The molecule has 0 unspecified atom stereocenters. The molecule has 2 fully saturated rings. The maximum Gasteiger partial charge on any atom is 0.252 e. The first-order valence-electron chi connectivity index (χ1n) is 14.4. The zero-order valence-electron chi connectivity index (χ0n) is 25.0. The average Bonchev–Trinajstić information content (AvgIpc) is 3.01. The molecule has 42 heavy (non-hydrogen) atoms. The summed E-state index contributed by atoms with van der Waals surface area (Å²) in [5.74, 6) is -0.117. The Morgan fingerprint density at radius 2 is 1.81 bits per heavy atom. The van der Waals surface area contributed by atoms with E-state index in [4.69, 9.17) is 14.3 Å². The van der Waals surface area contributed by atoms with E-state index < -0.39 is 5.83 Å². The number of primary amides is 1. The van der Waals surface area contributed by atoms with Gasteiger partial charge in [0.1, 0.15) is 11.7 Å². The van der Waals surface area contributed by atoms with E-state index in [2.05, 4.69) is 44.6 Å². The quantitative estimate of drug-likeness (QED) is 0.126. The number of anilines is 2. The molecule has 230 valence electrons. The van der Waals surface area contributed by atoms with Gasteiger partial charge in [-0.2, -0.15) is 4.99 Å². The number of hydrogen-bond donors (Lipinski definition) is 2. The summed E-state index contributed by atoms with van der Waals surface area (Å²) in [6.07, 6.45) is 3.11. The van der Waals surface area contributed by atoms with E-state index in [0.29, 0.717) is 12.4 Å². The maximum atomic E-state index is 14.5. The number of nitrogens with zero attached hydrogens (tertiary/aromatic N) is 3. The van der Waals surface area contributed by atoms with Crippen molar-refractivity contribution in [3.63, 3.8) is 0 Å². The smallest absolute Gasteiger partial charge is 0.252 e. The van der Waals surface area contributed by atoms with Crippen molar-refractivity contribution >= 4 is 23.6 Å². The number of hydrogen-bond acceptors (Lipinski definition) is 6. The molecular formula is C32H45F2N5O3. The molecule has 0 saturated carbocycles. The van der Waals surface area contributed by atoms with Crippen molar-refractivity contribution in [1.82, 2.24) is 4.90 Å². The SMILES string of the molecule is C=C/C(F)=C(\N=C(/C)Nc1cccc(CN2CCOCC2)c1)OCC1CCN(c2cccc(F)c2)CC1.CC.NC=O. The maximum absolute atomic E-state index is 14.5. The van der Waals surface area contributed by atoms with E-state index >= 15 is 0 Å². The standard InChI is InChI=1S/C29H36F2N4O2.C2H6.CH3NO/c1-3-28(31)29(37-21-23-10-12-35(13-11-23)27-9-5-7-25(30)19-27)33-22(2)32-26-8-4-6-24(18-26)20-34-14-16-36-17-15-34;1-2;2-1-3/h3-9,18-19,23H,1,10-17,20-21H2,2H3,(H,32,33);1-2H3;1H,(H2,2,3)/b29-28-;;. The molecule has 2 saturated heterocycles. The van der Waals surface area contributed by atoms with Crippen LogP contribution < -0.4 is 16.0 Å². The van der Waals surface area contributed by atoms with Crippen LogP contribution in [0.2, 0.25) is 0 Å². The van der Waals surface area contributed by atoms with Gasteiger partial charge in [0.2, 0.25) is 6.41 Å². The number of carbonyl (C=O) groups is 1. The lowest BCUT2D eigenvalue weighted by molar-refractivity contribution is -0.106. The number of allylic oxidation sites excluding steroid dienone is 2. The number of nitrogens with two attached hydrogens (primary N) is 1. The van der Waals surface area contributed by atoms with Crippen molar-refractivity contribution in [3.8, 4) is 0 Å². The van der Waals surface area contributed by atoms with Gasteiger partial charge in [0.15, 0.2) is 5.83 Å². The zero-order chi connectivity index (χ0) is 30.7. The molecule has 4 rings (SSSR count). The molecule has 8 nitrogen and oxygen atoms in total. The fraction of sp³-hybridized carbons (Fsp3) is 0.438. The van der Waals surface area contributed by atoms with E-state index in [1.54, 1.807) is 19.1 Å². The first-order valence-corrected chi connectivity index (χ1v) is 14.4. The molecule has 0 radical (unpaired) electrons. The van der Waals surface area contributed by atoms with Crippen LogP contribution in [0, 0.1) is 11.7 Å². The summed E-state index contributed by atoms with van der Waals surface area (Å²) in [5.41, 5.74) is 7.13. The number of halogens is 2. The second-order valence-electron chi connectivity index (χ2n) is 9.63. The third-order valence-corrected chi connectivity index (χ3v) is 6.66. The largest absolute Gasteiger partial charge is 0.475 e. The number of piperidine rings is 1. The minimum absolute atomic E-state index is 0.0722. The number of carbonyl (C=O) groups excluding carboxylic acids is 1. The van der Waals surface area contributed by atoms with Crippen LogP contribution in [0.3, 0.4) is 0 Å². The van der Waals surface area contributed by atoms with Crippen LogP contribution >= 0.6 is 0 Å². The van der Waals surface area contributed by atoms with Gasteiger partial charge in [-0.3, -0.25) is 9.69 Å². The number of amides is 1. The van der Waals surface area contributed by atoms with E-state index in [1.165, 1.54) is 11.6 Å². The Hall–Kier alpha value is -3.76. The normalized spacial score (nSPS) is 16.6. The highest BCUT2D eigenvalue weighted by atomic mass is 19.1. The highest BCUT2D eigenvalue weighted by molar-refractivity contribution is 5.94. The molecule has 2 aromatic rings. The molecule has 0 aromatic heterocycles. The third-order valence-electron chi connectivity index (χ3n) is 6.66. The second kappa shape index (κ2) is 19.4. The monoisotopic (exact) mass is 585 g/mol. The third kappa shape index (κ3) is 12.0. The van der Waals surface area contributed by atoms with Crippen LogP contribution in [0.25, 0.3) is 0 Å². The number of amidine groups is 1. The van der Waals surface area contributed by atoms with Gasteiger partial charge < -0.3 is 25.4 Å². The Bertz CT molecular complexity index is 1160. The Balaban J connectivity index is 0.00000116. The molecule has 3 N–H and O–H groups in total. The number of rotatable bonds is 9. The van der Waals surface area contributed by atoms with Gasteiger partial charge in [-0.25, -0.2) is 8.78 Å². The van der Waals surface area contributed by atoms with Crippen LogP contribution in [0.5, 0.6) is 0 Å². The molecule has 10 heteroatoms. The molecule has 2 heterocycles. The van der Waals surface area contributed by atoms with Gasteiger partial charge in [-0.15, -0.1) is 0 Å².